The molecular weight excluding hydrogens is 392 g/mol. The molecule has 0 bridgehead atoms. The molecule has 0 unspecified atom stereocenters. The van der Waals surface area contributed by atoms with Gasteiger partial charge in [0.05, 0.1) is 16.1 Å². The zero-order valence-electron chi connectivity index (χ0n) is 15.4. The SMILES string of the molecule is O=C(CCNS(=O)(=O)c1ccccc1)NNC(=O)c1ccccc1-n1cccc1. The Balaban J connectivity index is 1.51. The zero-order chi connectivity index (χ0) is 20.7. The van der Waals surface area contributed by atoms with Gasteiger partial charge < -0.3 is 4.57 Å². The Morgan fingerprint density at radius 3 is 2.21 bits per heavy atom. The van der Waals surface area contributed by atoms with Gasteiger partial charge in [0, 0.05) is 25.4 Å². The summed E-state index contributed by atoms with van der Waals surface area (Å²) in [6, 6.07) is 18.5. The molecule has 9 heteroatoms. The molecule has 2 aromatic carbocycles. The molecule has 8 nitrogen and oxygen atoms in total. The van der Waals surface area contributed by atoms with Crippen molar-refractivity contribution in [2.75, 3.05) is 6.54 Å². The number of benzene rings is 2. The summed E-state index contributed by atoms with van der Waals surface area (Å²) in [7, 11) is -3.68. The van der Waals surface area contributed by atoms with Crippen LogP contribution in [0.2, 0.25) is 0 Å². The van der Waals surface area contributed by atoms with Crippen LogP contribution < -0.4 is 15.6 Å². The van der Waals surface area contributed by atoms with Crippen LogP contribution >= 0.6 is 0 Å². The minimum absolute atomic E-state index is 0.0983. The molecular formula is C20H20N4O4S. The van der Waals surface area contributed by atoms with Gasteiger partial charge in [-0.15, -0.1) is 0 Å². The van der Waals surface area contributed by atoms with E-state index in [9.17, 15) is 18.0 Å². The van der Waals surface area contributed by atoms with Crippen LogP contribution in [0.4, 0.5) is 0 Å². The van der Waals surface area contributed by atoms with Crippen molar-refractivity contribution in [3.8, 4) is 5.69 Å². The topological polar surface area (TPSA) is 109 Å². The second kappa shape index (κ2) is 9.18. The van der Waals surface area contributed by atoms with Crippen LogP contribution in [0.15, 0.2) is 84.0 Å². The number of para-hydroxylation sites is 1. The molecule has 2 amide bonds. The average molecular weight is 412 g/mol. The van der Waals surface area contributed by atoms with Gasteiger partial charge in [0.15, 0.2) is 0 Å². The van der Waals surface area contributed by atoms with Crippen LogP contribution in [0.1, 0.15) is 16.8 Å². The molecule has 1 aromatic heterocycles. The Morgan fingerprint density at radius 2 is 1.48 bits per heavy atom. The number of hydrogen-bond acceptors (Lipinski definition) is 4. The van der Waals surface area contributed by atoms with Crippen LogP contribution in [0.25, 0.3) is 5.69 Å². The molecule has 3 rings (SSSR count). The lowest BCUT2D eigenvalue weighted by molar-refractivity contribution is -0.121. The number of hydrazine groups is 1. The van der Waals surface area contributed by atoms with E-state index in [1.807, 2.05) is 30.6 Å². The Bertz CT molecular complexity index is 1080. The van der Waals surface area contributed by atoms with Gasteiger partial charge in [0.2, 0.25) is 15.9 Å². The molecule has 0 saturated heterocycles. The standard InChI is InChI=1S/C20H20N4O4S/c25-19(12-13-21-29(27,28)16-8-2-1-3-9-16)22-23-20(26)17-10-4-5-11-18(17)24-14-6-7-15-24/h1-11,14-15,21H,12-13H2,(H,22,25)(H,23,26). The van der Waals surface area contributed by atoms with Gasteiger partial charge >= 0.3 is 0 Å². The first-order valence-corrected chi connectivity index (χ1v) is 10.3. The average Bonchev–Trinajstić information content (AvgIpc) is 3.27. The number of amides is 2. The molecule has 3 aromatic rings. The maximum absolute atomic E-state index is 12.4. The molecule has 0 aliphatic heterocycles. The van der Waals surface area contributed by atoms with E-state index in [0.717, 1.165) is 0 Å². The third-order valence-electron chi connectivity index (χ3n) is 4.04. The Morgan fingerprint density at radius 1 is 0.828 bits per heavy atom. The number of aromatic nitrogens is 1. The maximum Gasteiger partial charge on any atom is 0.271 e. The summed E-state index contributed by atoms with van der Waals surface area (Å²) < 4.78 is 28.3. The fraction of sp³-hybridized carbons (Fsp3) is 0.100. The van der Waals surface area contributed by atoms with Gasteiger partial charge in [-0.1, -0.05) is 30.3 Å². The number of hydrogen-bond donors (Lipinski definition) is 3. The Kier molecular flexibility index (Phi) is 6.43. The maximum atomic E-state index is 12.4. The molecule has 0 fully saturated rings. The van der Waals surface area contributed by atoms with E-state index < -0.39 is 21.8 Å². The monoisotopic (exact) mass is 412 g/mol. The number of carbonyl (C=O) groups excluding carboxylic acids is 2. The predicted molar refractivity (Wildman–Crippen MR) is 108 cm³/mol. The molecule has 0 atom stereocenters. The number of nitrogens with one attached hydrogen (secondary N) is 3. The van der Waals surface area contributed by atoms with Crippen molar-refractivity contribution >= 4 is 21.8 Å². The molecule has 150 valence electrons. The molecule has 0 saturated carbocycles. The van der Waals surface area contributed by atoms with Gasteiger partial charge in [-0.2, -0.15) is 0 Å². The highest BCUT2D eigenvalue weighted by Gasteiger charge is 2.15. The second-order valence-corrected chi connectivity index (χ2v) is 7.84. The summed E-state index contributed by atoms with van der Waals surface area (Å²) in [6.07, 6.45) is 3.48. The van der Waals surface area contributed by atoms with E-state index >= 15 is 0 Å². The number of rotatable bonds is 7. The molecule has 29 heavy (non-hydrogen) atoms. The lowest BCUT2D eigenvalue weighted by Gasteiger charge is -2.12. The summed E-state index contributed by atoms with van der Waals surface area (Å²) in [6.45, 7) is -0.0983. The van der Waals surface area contributed by atoms with Crippen LogP contribution in [0.3, 0.4) is 0 Å². The van der Waals surface area contributed by atoms with E-state index in [0.29, 0.717) is 11.3 Å². The minimum atomic E-state index is -3.68. The first-order valence-electron chi connectivity index (χ1n) is 8.83. The van der Waals surface area contributed by atoms with Crippen molar-refractivity contribution in [1.82, 2.24) is 20.1 Å². The van der Waals surface area contributed by atoms with Crippen molar-refractivity contribution in [2.24, 2.45) is 0 Å². The smallest absolute Gasteiger partial charge is 0.271 e. The Labute approximate surface area is 168 Å². The predicted octanol–water partition coefficient (Wildman–Crippen LogP) is 1.61. The molecule has 0 aliphatic rings. The van der Waals surface area contributed by atoms with Crippen molar-refractivity contribution in [1.29, 1.82) is 0 Å². The summed E-state index contributed by atoms with van der Waals surface area (Å²) in [4.78, 5) is 24.5. The van der Waals surface area contributed by atoms with Crippen molar-refractivity contribution in [2.45, 2.75) is 11.3 Å². The molecule has 3 N–H and O–H groups in total. The van der Waals surface area contributed by atoms with Crippen LogP contribution in [0, 0.1) is 0 Å². The molecule has 0 spiro atoms. The Hall–Kier alpha value is -3.43. The van der Waals surface area contributed by atoms with E-state index in [2.05, 4.69) is 15.6 Å². The van der Waals surface area contributed by atoms with Gasteiger partial charge in [0.25, 0.3) is 5.91 Å². The third kappa shape index (κ3) is 5.31. The van der Waals surface area contributed by atoms with Gasteiger partial charge in [0.1, 0.15) is 0 Å². The highest BCUT2D eigenvalue weighted by Crippen LogP contribution is 2.14. The molecule has 1 heterocycles. The van der Waals surface area contributed by atoms with Crippen LogP contribution in [0.5, 0.6) is 0 Å². The summed E-state index contributed by atoms with van der Waals surface area (Å²) in [5, 5.41) is 0. The molecule has 0 aliphatic carbocycles. The minimum Gasteiger partial charge on any atom is -0.323 e. The number of nitrogens with zero attached hydrogens (tertiary/aromatic N) is 1. The highest BCUT2D eigenvalue weighted by atomic mass is 32.2. The van der Waals surface area contributed by atoms with Crippen molar-refractivity contribution in [3.05, 3.63) is 84.7 Å². The van der Waals surface area contributed by atoms with Gasteiger partial charge in [-0.05, 0) is 36.4 Å². The quantitative estimate of drug-likeness (QED) is 0.512. The van der Waals surface area contributed by atoms with E-state index in [-0.39, 0.29) is 17.9 Å². The summed E-state index contributed by atoms with van der Waals surface area (Å²) in [5.41, 5.74) is 5.70. The lowest BCUT2D eigenvalue weighted by atomic mass is 10.1. The highest BCUT2D eigenvalue weighted by molar-refractivity contribution is 7.89. The third-order valence-corrected chi connectivity index (χ3v) is 5.52. The first-order chi connectivity index (χ1) is 14.0. The fourth-order valence-electron chi connectivity index (χ4n) is 2.62. The summed E-state index contributed by atoms with van der Waals surface area (Å²) in [5.74, 6) is -1.000. The van der Waals surface area contributed by atoms with Gasteiger partial charge in [-0.25, -0.2) is 13.1 Å². The zero-order valence-corrected chi connectivity index (χ0v) is 16.2. The fourth-order valence-corrected chi connectivity index (χ4v) is 3.68. The van der Waals surface area contributed by atoms with E-state index in [1.54, 1.807) is 41.0 Å². The normalized spacial score (nSPS) is 11.0. The number of sulfonamides is 1. The van der Waals surface area contributed by atoms with Crippen LogP contribution in [-0.2, 0) is 14.8 Å². The van der Waals surface area contributed by atoms with E-state index in [4.69, 9.17) is 0 Å². The summed E-state index contributed by atoms with van der Waals surface area (Å²) >= 11 is 0. The van der Waals surface area contributed by atoms with E-state index in [1.165, 1.54) is 12.1 Å². The van der Waals surface area contributed by atoms with Crippen molar-refractivity contribution < 1.29 is 18.0 Å². The van der Waals surface area contributed by atoms with Gasteiger partial charge in [-0.3, -0.25) is 20.4 Å². The first kappa shape index (κ1) is 20.3. The largest absolute Gasteiger partial charge is 0.323 e. The number of carbonyl (C=O) groups is 2. The van der Waals surface area contributed by atoms with Crippen molar-refractivity contribution in [3.63, 3.8) is 0 Å². The lowest BCUT2D eigenvalue weighted by Crippen LogP contribution is -2.43. The van der Waals surface area contributed by atoms with Crippen LogP contribution in [-0.4, -0.2) is 31.3 Å². The molecule has 0 radical (unpaired) electrons. The second-order valence-electron chi connectivity index (χ2n) is 6.07.